The number of aldehydes is 1. The molecule has 1 heterocycles. The lowest BCUT2D eigenvalue weighted by Crippen LogP contribution is -2.57. The number of rotatable bonds is 17. The number of amides is 5. The summed E-state index contributed by atoms with van der Waals surface area (Å²) in [7, 11) is 0. The van der Waals surface area contributed by atoms with Crippen molar-refractivity contribution in [3.8, 4) is 0 Å². The normalized spacial score (nSPS) is 14.2. The maximum atomic E-state index is 13.1. The SMILES string of the molecule is CC(C)C[C@@H](C=O)NC(=O)[C@H](Cc1cnc[nH]1)NC(=O)[C@H](CCC(N)=O)NC(=O)[C@@H](N)CCC(N)=O. The predicted octanol–water partition coefficient (Wildman–Crippen LogP) is -2.49. The number of hydrogen-bond donors (Lipinski definition) is 7. The second-order valence-electron chi connectivity index (χ2n) is 8.90. The highest BCUT2D eigenvalue weighted by molar-refractivity contribution is 5.94. The molecule has 1 rings (SSSR count). The Kier molecular flexibility index (Phi) is 12.8. The van der Waals surface area contributed by atoms with Gasteiger partial charge in [0, 0.05) is 31.2 Å². The van der Waals surface area contributed by atoms with E-state index < -0.39 is 53.7 Å². The van der Waals surface area contributed by atoms with Crippen LogP contribution in [0.4, 0.5) is 0 Å². The number of carbonyl (C=O) groups is 6. The van der Waals surface area contributed by atoms with Crippen LogP contribution in [0, 0.1) is 5.92 Å². The van der Waals surface area contributed by atoms with Crippen molar-refractivity contribution in [2.45, 2.75) is 76.5 Å². The van der Waals surface area contributed by atoms with E-state index in [1.54, 1.807) is 0 Å². The number of nitrogens with zero attached hydrogens (tertiary/aromatic N) is 1. The highest BCUT2D eigenvalue weighted by Gasteiger charge is 2.30. The third-order valence-electron chi connectivity index (χ3n) is 5.18. The topological polar surface area (TPSA) is 245 Å². The second kappa shape index (κ2) is 15.2. The molecule has 0 bridgehead atoms. The molecular weight excluding hydrogens is 472 g/mol. The van der Waals surface area contributed by atoms with Crippen molar-refractivity contribution in [2.24, 2.45) is 23.1 Å². The van der Waals surface area contributed by atoms with Crippen molar-refractivity contribution >= 4 is 35.8 Å². The molecule has 0 saturated heterocycles. The van der Waals surface area contributed by atoms with Crippen molar-refractivity contribution in [2.75, 3.05) is 0 Å². The number of nitrogens with two attached hydrogens (primary N) is 3. The lowest BCUT2D eigenvalue weighted by Gasteiger charge is -2.25. The first-order chi connectivity index (χ1) is 16.9. The van der Waals surface area contributed by atoms with Crippen molar-refractivity contribution in [1.82, 2.24) is 25.9 Å². The molecule has 1 aromatic heterocycles. The Bertz CT molecular complexity index is 904. The third kappa shape index (κ3) is 11.6. The minimum absolute atomic E-state index is 0.0133. The largest absolute Gasteiger partial charge is 0.370 e. The maximum Gasteiger partial charge on any atom is 0.243 e. The molecule has 200 valence electrons. The van der Waals surface area contributed by atoms with E-state index in [2.05, 4.69) is 25.9 Å². The lowest BCUT2D eigenvalue weighted by atomic mass is 10.0. The van der Waals surface area contributed by atoms with Crippen LogP contribution >= 0.6 is 0 Å². The standard InChI is InChI=1S/C22H36N8O6/c1-12(2)7-14(10-31)28-22(36)17(8-13-9-26-11-27-13)30-21(35)16(4-6-19(25)33)29-20(34)15(23)3-5-18(24)32/h9-12,14-17H,3-8,23H2,1-2H3,(H2,24,32)(H2,25,33)(H,26,27)(H,28,36)(H,29,34)(H,30,35)/t14-,15-,16-,17-/m0/s1. The van der Waals surface area contributed by atoms with Gasteiger partial charge in [-0.25, -0.2) is 4.98 Å². The molecule has 0 spiro atoms. The minimum atomic E-state index is -1.25. The number of imidazole rings is 1. The highest BCUT2D eigenvalue weighted by atomic mass is 16.2. The van der Waals surface area contributed by atoms with Crippen LogP contribution in [0.5, 0.6) is 0 Å². The molecule has 0 unspecified atom stereocenters. The van der Waals surface area contributed by atoms with Crippen LogP contribution in [-0.2, 0) is 35.2 Å². The summed E-state index contributed by atoms with van der Waals surface area (Å²) in [5.41, 5.74) is 16.6. The molecule has 1 aromatic rings. The molecule has 0 aromatic carbocycles. The molecule has 4 atom stereocenters. The predicted molar refractivity (Wildman–Crippen MR) is 128 cm³/mol. The van der Waals surface area contributed by atoms with Crippen molar-refractivity contribution in [1.29, 1.82) is 0 Å². The van der Waals surface area contributed by atoms with Crippen LogP contribution in [-0.4, -0.2) is 70.0 Å². The van der Waals surface area contributed by atoms with E-state index in [-0.39, 0.29) is 38.0 Å². The van der Waals surface area contributed by atoms with Crippen LogP contribution < -0.4 is 33.2 Å². The Morgan fingerprint density at radius 1 is 0.944 bits per heavy atom. The smallest absolute Gasteiger partial charge is 0.243 e. The molecule has 14 heteroatoms. The molecule has 0 saturated carbocycles. The average molecular weight is 509 g/mol. The zero-order chi connectivity index (χ0) is 27.3. The van der Waals surface area contributed by atoms with Crippen molar-refractivity contribution < 1.29 is 28.8 Å². The molecule has 14 nitrogen and oxygen atoms in total. The van der Waals surface area contributed by atoms with Gasteiger partial charge in [0.15, 0.2) is 0 Å². The molecular formula is C22H36N8O6. The van der Waals surface area contributed by atoms with Gasteiger partial charge in [-0.1, -0.05) is 13.8 Å². The number of carbonyl (C=O) groups excluding carboxylic acids is 6. The van der Waals surface area contributed by atoms with Gasteiger partial charge in [-0.3, -0.25) is 24.0 Å². The number of primary amides is 2. The summed E-state index contributed by atoms with van der Waals surface area (Å²) in [6.45, 7) is 3.79. The summed E-state index contributed by atoms with van der Waals surface area (Å²) in [4.78, 5) is 78.9. The Hall–Kier alpha value is -3.81. The first-order valence-corrected chi connectivity index (χ1v) is 11.6. The zero-order valence-corrected chi connectivity index (χ0v) is 20.5. The number of aromatic nitrogens is 2. The van der Waals surface area contributed by atoms with Crippen LogP contribution in [0.15, 0.2) is 12.5 Å². The number of hydrogen-bond acceptors (Lipinski definition) is 8. The zero-order valence-electron chi connectivity index (χ0n) is 20.5. The first kappa shape index (κ1) is 30.2. The van der Waals surface area contributed by atoms with E-state index in [4.69, 9.17) is 17.2 Å². The van der Waals surface area contributed by atoms with E-state index in [0.29, 0.717) is 18.4 Å². The Labute approximate surface area is 208 Å². The molecule has 5 amide bonds. The van der Waals surface area contributed by atoms with Gasteiger partial charge in [-0.15, -0.1) is 0 Å². The monoisotopic (exact) mass is 508 g/mol. The van der Waals surface area contributed by atoms with Gasteiger partial charge in [0.2, 0.25) is 29.5 Å². The fourth-order valence-electron chi connectivity index (χ4n) is 3.30. The summed E-state index contributed by atoms with van der Waals surface area (Å²) in [5, 5.41) is 7.60. The summed E-state index contributed by atoms with van der Waals surface area (Å²) in [6.07, 6.45) is 3.36. The molecule has 0 aliphatic rings. The Morgan fingerprint density at radius 3 is 2.06 bits per heavy atom. The first-order valence-electron chi connectivity index (χ1n) is 11.6. The third-order valence-corrected chi connectivity index (χ3v) is 5.18. The van der Waals surface area contributed by atoms with E-state index in [0.717, 1.165) is 0 Å². The number of aromatic amines is 1. The molecule has 0 radical (unpaired) electrons. The average Bonchev–Trinajstić information content (AvgIpc) is 3.31. The summed E-state index contributed by atoms with van der Waals surface area (Å²) >= 11 is 0. The van der Waals surface area contributed by atoms with Gasteiger partial charge in [0.25, 0.3) is 0 Å². The van der Waals surface area contributed by atoms with Crippen molar-refractivity contribution in [3.63, 3.8) is 0 Å². The van der Waals surface area contributed by atoms with Gasteiger partial charge in [-0.05, 0) is 25.2 Å². The van der Waals surface area contributed by atoms with E-state index in [1.165, 1.54) is 12.5 Å². The van der Waals surface area contributed by atoms with E-state index in [1.807, 2.05) is 13.8 Å². The van der Waals surface area contributed by atoms with Gasteiger partial charge >= 0.3 is 0 Å². The number of H-pyrrole nitrogens is 1. The summed E-state index contributed by atoms with van der Waals surface area (Å²) in [5.74, 6) is -3.33. The quantitative estimate of drug-likeness (QED) is 0.111. The van der Waals surface area contributed by atoms with Crippen LogP contribution in [0.1, 0.15) is 51.6 Å². The fraction of sp³-hybridized carbons (Fsp3) is 0.591. The molecule has 36 heavy (non-hydrogen) atoms. The Morgan fingerprint density at radius 2 is 1.53 bits per heavy atom. The molecule has 0 aliphatic carbocycles. The van der Waals surface area contributed by atoms with E-state index in [9.17, 15) is 28.8 Å². The summed E-state index contributed by atoms with van der Waals surface area (Å²) in [6, 6.07) is -4.27. The van der Waals surface area contributed by atoms with Crippen LogP contribution in [0.2, 0.25) is 0 Å². The van der Waals surface area contributed by atoms with Gasteiger partial charge < -0.3 is 42.9 Å². The number of nitrogens with one attached hydrogen (secondary N) is 4. The lowest BCUT2D eigenvalue weighted by molar-refractivity contribution is -0.133. The van der Waals surface area contributed by atoms with Gasteiger partial charge in [0.05, 0.1) is 18.4 Å². The Balaban J connectivity index is 3.02. The molecule has 0 fully saturated rings. The fourth-order valence-corrected chi connectivity index (χ4v) is 3.30. The van der Waals surface area contributed by atoms with Gasteiger partial charge in [0.1, 0.15) is 18.4 Å². The summed E-state index contributed by atoms with van der Waals surface area (Å²) < 4.78 is 0. The molecule has 0 aliphatic heterocycles. The highest BCUT2D eigenvalue weighted by Crippen LogP contribution is 2.07. The maximum absolute atomic E-state index is 13.1. The van der Waals surface area contributed by atoms with Crippen molar-refractivity contribution in [3.05, 3.63) is 18.2 Å². The van der Waals surface area contributed by atoms with Gasteiger partial charge in [-0.2, -0.15) is 0 Å². The van der Waals surface area contributed by atoms with Crippen LogP contribution in [0.25, 0.3) is 0 Å². The van der Waals surface area contributed by atoms with Crippen LogP contribution in [0.3, 0.4) is 0 Å². The van der Waals surface area contributed by atoms with E-state index >= 15 is 0 Å². The minimum Gasteiger partial charge on any atom is -0.370 e. The molecule has 10 N–H and O–H groups in total. The second-order valence-corrected chi connectivity index (χ2v) is 8.90.